The largest absolute Gasteiger partial charge is 0.504 e. The number of phenols is 4. The maximum atomic E-state index is 9.76. The SMILES string of the molecule is Oc1cc2c(cc1O)-c1cc3cc(O)c(O)cc3c[n+]1CC2. The van der Waals surface area contributed by atoms with Gasteiger partial charge in [-0.1, -0.05) is 0 Å². The van der Waals surface area contributed by atoms with Gasteiger partial charge in [0.25, 0.3) is 0 Å². The van der Waals surface area contributed by atoms with Crippen molar-refractivity contribution in [3.8, 4) is 34.3 Å². The molecule has 22 heavy (non-hydrogen) atoms. The van der Waals surface area contributed by atoms with Gasteiger partial charge < -0.3 is 20.4 Å². The number of pyridine rings is 1. The molecule has 0 amide bonds. The highest BCUT2D eigenvalue weighted by Crippen LogP contribution is 2.37. The Bertz CT molecular complexity index is 934. The second kappa shape index (κ2) is 4.27. The van der Waals surface area contributed by atoms with Crippen LogP contribution in [0.15, 0.2) is 36.5 Å². The highest BCUT2D eigenvalue weighted by Gasteiger charge is 2.25. The molecule has 3 aromatic rings. The van der Waals surface area contributed by atoms with Crippen LogP contribution in [0, 0.1) is 0 Å². The van der Waals surface area contributed by atoms with Crippen LogP contribution in [-0.4, -0.2) is 20.4 Å². The number of rotatable bonds is 0. The molecule has 0 fully saturated rings. The number of aromatic nitrogens is 1. The standard InChI is InChI=1S/C17H13NO4/c19-14-4-9-1-2-18-8-11-6-16(21)15(20)5-10(11)3-13(18)12(9)7-17(14)22/h3-8H,1-2H2,(H3,19,20,21,22)/p+1. The summed E-state index contributed by atoms with van der Waals surface area (Å²) in [6.45, 7) is 0.740. The van der Waals surface area contributed by atoms with Crippen molar-refractivity contribution in [2.75, 3.05) is 0 Å². The van der Waals surface area contributed by atoms with Crippen LogP contribution in [0.5, 0.6) is 23.0 Å². The predicted molar refractivity (Wildman–Crippen MR) is 79.9 cm³/mol. The van der Waals surface area contributed by atoms with Crippen LogP contribution in [0.4, 0.5) is 0 Å². The van der Waals surface area contributed by atoms with Crippen molar-refractivity contribution in [1.29, 1.82) is 0 Å². The Balaban J connectivity index is 2.02. The third kappa shape index (κ3) is 1.75. The van der Waals surface area contributed by atoms with Gasteiger partial charge >= 0.3 is 0 Å². The first-order chi connectivity index (χ1) is 10.5. The van der Waals surface area contributed by atoms with Gasteiger partial charge in [0, 0.05) is 17.9 Å². The lowest BCUT2D eigenvalue weighted by molar-refractivity contribution is -0.686. The zero-order chi connectivity index (χ0) is 15.4. The molecular formula is C17H14NO4+. The summed E-state index contributed by atoms with van der Waals surface area (Å²) in [6, 6.07) is 8.10. The van der Waals surface area contributed by atoms with Crippen LogP contribution in [0.25, 0.3) is 22.0 Å². The van der Waals surface area contributed by atoms with E-state index in [-0.39, 0.29) is 23.0 Å². The van der Waals surface area contributed by atoms with Gasteiger partial charge in [-0.15, -0.1) is 0 Å². The minimum Gasteiger partial charge on any atom is -0.504 e. The second-order valence-corrected chi connectivity index (χ2v) is 5.57. The minimum atomic E-state index is -0.165. The third-order valence-electron chi connectivity index (χ3n) is 4.18. The molecule has 0 saturated carbocycles. The number of aromatic hydroxyl groups is 4. The summed E-state index contributed by atoms with van der Waals surface area (Å²) >= 11 is 0. The van der Waals surface area contributed by atoms with Gasteiger partial charge in [-0.2, -0.15) is 4.57 Å². The molecule has 4 rings (SSSR count). The minimum absolute atomic E-state index is 0.115. The molecule has 0 unspecified atom stereocenters. The fourth-order valence-corrected chi connectivity index (χ4v) is 3.04. The van der Waals surface area contributed by atoms with Gasteiger partial charge in [-0.3, -0.25) is 0 Å². The quantitative estimate of drug-likeness (QED) is 0.378. The molecule has 2 aromatic carbocycles. The number of phenolic OH excluding ortho intramolecular Hbond substituents is 4. The molecule has 0 aliphatic carbocycles. The molecule has 0 bridgehead atoms. The number of fused-ring (bicyclic) bond motifs is 4. The molecule has 5 nitrogen and oxygen atoms in total. The van der Waals surface area contributed by atoms with Crippen LogP contribution >= 0.6 is 0 Å². The van der Waals surface area contributed by atoms with Gasteiger partial charge in [0.15, 0.2) is 35.7 Å². The van der Waals surface area contributed by atoms with Crippen LogP contribution in [0.1, 0.15) is 5.56 Å². The normalized spacial score (nSPS) is 12.9. The summed E-state index contributed by atoms with van der Waals surface area (Å²) in [7, 11) is 0. The topological polar surface area (TPSA) is 84.8 Å². The van der Waals surface area contributed by atoms with Crippen LogP contribution in [0.2, 0.25) is 0 Å². The third-order valence-corrected chi connectivity index (χ3v) is 4.18. The molecule has 5 heteroatoms. The molecule has 0 saturated heterocycles. The number of benzene rings is 2. The van der Waals surface area contributed by atoms with E-state index >= 15 is 0 Å². The summed E-state index contributed by atoms with van der Waals surface area (Å²) < 4.78 is 2.04. The lowest BCUT2D eigenvalue weighted by Gasteiger charge is -2.16. The van der Waals surface area contributed by atoms with E-state index in [1.165, 1.54) is 12.1 Å². The fraction of sp³-hybridized carbons (Fsp3) is 0.118. The van der Waals surface area contributed by atoms with E-state index in [9.17, 15) is 20.4 Å². The highest BCUT2D eigenvalue weighted by molar-refractivity contribution is 5.87. The maximum Gasteiger partial charge on any atom is 0.213 e. The van der Waals surface area contributed by atoms with Crippen molar-refractivity contribution >= 4 is 10.8 Å². The second-order valence-electron chi connectivity index (χ2n) is 5.57. The molecule has 4 N–H and O–H groups in total. The van der Waals surface area contributed by atoms with E-state index in [1.807, 2.05) is 16.8 Å². The first-order valence-electron chi connectivity index (χ1n) is 6.97. The van der Waals surface area contributed by atoms with Gasteiger partial charge in [0.1, 0.15) is 0 Å². The Kier molecular flexibility index (Phi) is 2.48. The highest BCUT2D eigenvalue weighted by atomic mass is 16.3. The molecule has 110 valence electrons. The van der Waals surface area contributed by atoms with Gasteiger partial charge in [-0.25, -0.2) is 0 Å². The average Bonchev–Trinajstić information content (AvgIpc) is 2.48. The Morgan fingerprint density at radius 3 is 2.14 bits per heavy atom. The number of nitrogens with zero attached hydrogens (tertiary/aromatic N) is 1. The number of aryl methyl sites for hydroxylation is 2. The van der Waals surface area contributed by atoms with Gasteiger partial charge in [0.2, 0.25) is 5.69 Å². The smallest absolute Gasteiger partial charge is 0.213 e. The summed E-state index contributed by atoms with van der Waals surface area (Å²) in [4.78, 5) is 0. The fourth-order valence-electron chi connectivity index (χ4n) is 3.04. The van der Waals surface area contributed by atoms with E-state index in [4.69, 9.17) is 0 Å². The Labute approximate surface area is 126 Å². The monoisotopic (exact) mass is 296 g/mol. The zero-order valence-electron chi connectivity index (χ0n) is 11.6. The van der Waals surface area contributed by atoms with Gasteiger partial charge in [-0.05, 0) is 35.2 Å². The first-order valence-corrected chi connectivity index (χ1v) is 6.97. The van der Waals surface area contributed by atoms with Crippen molar-refractivity contribution in [2.24, 2.45) is 0 Å². The van der Waals surface area contributed by atoms with Gasteiger partial charge in [0.05, 0.1) is 5.56 Å². The van der Waals surface area contributed by atoms with E-state index in [0.717, 1.165) is 40.6 Å². The summed E-state index contributed by atoms with van der Waals surface area (Å²) in [5, 5.41) is 40.3. The molecular weight excluding hydrogens is 282 g/mol. The van der Waals surface area contributed by atoms with E-state index in [0.29, 0.717) is 0 Å². The van der Waals surface area contributed by atoms with Crippen LogP contribution in [-0.2, 0) is 13.0 Å². The lowest BCUT2D eigenvalue weighted by atomic mass is 9.95. The van der Waals surface area contributed by atoms with Crippen molar-refractivity contribution < 1.29 is 25.0 Å². The molecule has 0 spiro atoms. The molecule has 1 aromatic heterocycles. The lowest BCUT2D eigenvalue weighted by Crippen LogP contribution is -2.39. The molecule has 0 atom stereocenters. The first kappa shape index (κ1) is 12.8. The predicted octanol–water partition coefficient (Wildman–Crippen LogP) is 2.17. The van der Waals surface area contributed by atoms with Crippen molar-refractivity contribution in [3.63, 3.8) is 0 Å². The zero-order valence-corrected chi connectivity index (χ0v) is 11.6. The van der Waals surface area contributed by atoms with E-state index in [1.54, 1.807) is 12.1 Å². The van der Waals surface area contributed by atoms with Crippen LogP contribution < -0.4 is 4.57 Å². The van der Waals surface area contributed by atoms with Crippen molar-refractivity contribution in [2.45, 2.75) is 13.0 Å². The molecule has 1 aliphatic rings. The van der Waals surface area contributed by atoms with Crippen LogP contribution in [0.3, 0.4) is 0 Å². The summed E-state index contributed by atoms with van der Waals surface area (Å²) in [5.74, 6) is -0.578. The van der Waals surface area contributed by atoms with E-state index in [2.05, 4.69) is 0 Å². The Hall–Kier alpha value is -2.95. The average molecular weight is 296 g/mol. The van der Waals surface area contributed by atoms with E-state index < -0.39 is 0 Å². The molecule has 2 heterocycles. The Morgan fingerprint density at radius 2 is 1.36 bits per heavy atom. The van der Waals surface area contributed by atoms with Crippen molar-refractivity contribution in [1.82, 2.24) is 0 Å². The Morgan fingerprint density at radius 1 is 0.727 bits per heavy atom. The number of hydrogen-bond acceptors (Lipinski definition) is 4. The molecule has 0 radical (unpaired) electrons. The summed E-state index contributed by atoms with van der Waals surface area (Å²) in [5.41, 5.74) is 2.72. The number of hydrogen-bond donors (Lipinski definition) is 4. The maximum absolute atomic E-state index is 9.76. The summed E-state index contributed by atoms with van der Waals surface area (Å²) in [6.07, 6.45) is 2.66. The molecule has 1 aliphatic heterocycles. The van der Waals surface area contributed by atoms with Crippen molar-refractivity contribution in [3.05, 3.63) is 42.1 Å².